The summed E-state index contributed by atoms with van der Waals surface area (Å²) in [6.45, 7) is 4.50. The number of fused-ring (bicyclic) bond motifs is 1. The van der Waals surface area contributed by atoms with Crippen LogP contribution in [0.25, 0.3) is 0 Å². The SMILES string of the molecule is CCNC(=NCC1CCCc2ccccc21)NCCc1cccc(C(=O)N(C)C)c1.I. The molecule has 5 nitrogen and oxygen atoms in total. The van der Waals surface area contributed by atoms with Crippen LogP contribution in [0.5, 0.6) is 0 Å². The Balaban J connectivity index is 0.00000341. The van der Waals surface area contributed by atoms with Crippen LogP contribution < -0.4 is 10.6 Å². The quantitative estimate of drug-likeness (QED) is 0.318. The maximum atomic E-state index is 12.2. The van der Waals surface area contributed by atoms with Gasteiger partial charge in [0.25, 0.3) is 5.91 Å². The smallest absolute Gasteiger partial charge is 0.253 e. The minimum absolute atomic E-state index is 0. The highest BCUT2D eigenvalue weighted by atomic mass is 127. The number of nitrogens with zero attached hydrogens (tertiary/aromatic N) is 2. The van der Waals surface area contributed by atoms with Gasteiger partial charge in [-0.2, -0.15) is 0 Å². The number of nitrogens with one attached hydrogen (secondary N) is 2. The summed E-state index contributed by atoms with van der Waals surface area (Å²) in [5.41, 5.74) is 4.82. The van der Waals surface area contributed by atoms with E-state index in [1.165, 1.54) is 30.4 Å². The van der Waals surface area contributed by atoms with Crippen LogP contribution in [0.3, 0.4) is 0 Å². The second-order valence-electron chi connectivity index (χ2n) is 8.08. The molecular weight excluding hydrogens is 499 g/mol. The third kappa shape index (κ3) is 7.23. The number of hydrogen-bond donors (Lipinski definition) is 2. The van der Waals surface area contributed by atoms with Gasteiger partial charge in [-0.1, -0.05) is 36.4 Å². The van der Waals surface area contributed by atoms with Gasteiger partial charge in [-0.3, -0.25) is 9.79 Å². The van der Waals surface area contributed by atoms with E-state index in [0.717, 1.165) is 43.1 Å². The summed E-state index contributed by atoms with van der Waals surface area (Å²) in [6.07, 6.45) is 4.46. The molecule has 0 radical (unpaired) electrons. The van der Waals surface area contributed by atoms with Crippen LogP contribution in [0.2, 0.25) is 0 Å². The molecule has 2 aromatic carbocycles. The summed E-state index contributed by atoms with van der Waals surface area (Å²) < 4.78 is 0. The number of guanidine groups is 1. The Morgan fingerprint density at radius 2 is 1.94 bits per heavy atom. The number of aliphatic imine (C=N–C) groups is 1. The second-order valence-corrected chi connectivity index (χ2v) is 8.08. The van der Waals surface area contributed by atoms with E-state index < -0.39 is 0 Å². The van der Waals surface area contributed by atoms with Crippen molar-refractivity contribution >= 4 is 35.8 Å². The van der Waals surface area contributed by atoms with Crippen molar-refractivity contribution in [2.75, 3.05) is 33.7 Å². The van der Waals surface area contributed by atoms with Crippen molar-refractivity contribution < 1.29 is 4.79 Å². The van der Waals surface area contributed by atoms with Crippen molar-refractivity contribution in [1.29, 1.82) is 0 Å². The number of amides is 1. The lowest BCUT2D eigenvalue weighted by molar-refractivity contribution is 0.0827. The van der Waals surface area contributed by atoms with Crippen LogP contribution in [-0.2, 0) is 12.8 Å². The predicted octanol–water partition coefficient (Wildman–Crippen LogP) is 4.22. The van der Waals surface area contributed by atoms with Crippen LogP contribution in [0.15, 0.2) is 53.5 Å². The van der Waals surface area contributed by atoms with Crippen molar-refractivity contribution in [2.24, 2.45) is 4.99 Å². The zero-order chi connectivity index (χ0) is 21.3. The predicted molar refractivity (Wildman–Crippen MR) is 140 cm³/mol. The molecule has 1 aliphatic rings. The van der Waals surface area contributed by atoms with Crippen molar-refractivity contribution in [3.05, 3.63) is 70.8 Å². The van der Waals surface area contributed by atoms with E-state index in [9.17, 15) is 4.79 Å². The molecule has 2 N–H and O–H groups in total. The number of halogens is 1. The number of aryl methyl sites for hydroxylation is 1. The van der Waals surface area contributed by atoms with E-state index in [1.807, 2.05) is 18.2 Å². The van der Waals surface area contributed by atoms with Crippen LogP contribution >= 0.6 is 24.0 Å². The van der Waals surface area contributed by atoms with E-state index in [0.29, 0.717) is 5.92 Å². The lowest BCUT2D eigenvalue weighted by Gasteiger charge is -2.24. The number of carbonyl (C=O) groups is 1. The number of benzene rings is 2. The molecule has 3 rings (SSSR count). The van der Waals surface area contributed by atoms with Gasteiger partial charge in [-0.05, 0) is 61.4 Å². The molecule has 0 aromatic heterocycles. The first-order valence-corrected chi connectivity index (χ1v) is 11.0. The average Bonchev–Trinajstić information content (AvgIpc) is 2.77. The highest BCUT2D eigenvalue weighted by Crippen LogP contribution is 2.31. The van der Waals surface area contributed by atoms with Crippen LogP contribution in [-0.4, -0.2) is 50.5 Å². The molecule has 0 bridgehead atoms. The largest absolute Gasteiger partial charge is 0.357 e. The molecule has 0 fully saturated rings. The van der Waals surface area contributed by atoms with E-state index in [4.69, 9.17) is 4.99 Å². The molecule has 168 valence electrons. The third-order valence-electron chi connectivity index (χ3n) is 5.59. The third-order valence-corrected chi connectivity index (χ3v) is 5.59. The van der Waals surface area contributed by atoms with Gasteiger partial charge in [0.05, 0.1) is 0 Å². The molecule has 6 heteroatoms. The van der Waals surface area contributed by atoms with E-state index in [-0.39, 0.29) is 29.9 Å². The van der Waals surface area contributed by atoms with Gasteiger partial charge in [0.15, 0.2) is 5.96 Å². The Morgan fingerprint density at radius 1 is 1.13 bits per heavy atom. The number of carbonyl (C=O) groups excluding carboxylic acids is 1. The highest BCUT2D eigenvalue weighted by molar-refractivity contribution is 14.0. The molecule has 0 heterocycles. The summed E-state index contributed by atoms with van der Waals surface area (Å²) in [6, 6.07) is 16.7. The second kappa shape index (κ2) is 12.7. The van der Waals surface area contributed by atoms with Crippen LogP contribution in [0.4, 0.5) is 0 Å². The minimum Gasteiger partial charge on any atom is -0.357 e. The summed E-state index contributed by atoms with van der Waals surface area (Å²) >= 11 is 0. The maximum absolute atomic E-state index is 12.2. The summed E-state index contributed by atoms with van der Waals surface area (Å²) in [4.78, 5) is 18.6. The summed E-state index contributed by atoms with van der Waals surface area (Å²) in [5, 5.41) is 6.80. The molecule has 1 aliphatic carbocycles. The molecular formula is C25H35IN4O. The molecule has 1 atom stereocenters. The van der Waals surface area contributed by atoms with E-state index >= 15 is 0 Å². The van der Waals surface area contributed by atoms with Gasteiger partial charge < -0.3 is 15.5 Å². The van der Waals surface area contributed by atoms with Gasteiger partial charge in [-0.25, -0.2) is 0 Å². The van der Waals surface area contributed by atoms with E-state index in [1.54, 1.807) is 19.0 Å². The zero-order valence-corrected chi connectivity index (χ0v) is 21.2. The molecule has 31 heavy (non-hydrogen) atoms. The fourth-order valence-corrected chi connectivity index (χ4v) is 4.03. The topological polar surface area (TPSA) is 56.7 Å². The molecule has 0 aliphatic heterocycles. The van der Waals surface area contributed by atoms with Gasteiger partial charge in [-0.15, -0.1) is 24.0 Å². The summed E-state index contributed by atoms with van der Waals surface area (Å²) in [5.74, 6) is 1.40. The lowest BCUT2D eigenvalue weighted by atomic mass is 9.83. The number of hydrogen-bond acceptors (Lipinski definition) is 2. The fourth-order valence-electron chi connectivity index (χ4n) is 4.03. The Hall–Kier alpha value is -2.09. The first-order chi connectivity index (χ1) is 14.6. The van der Waals surface area contributed by atoms with E-state index in [2.05, 4.69) is 47.9 Å². The Labute approximate surface area is 203 Å². The first-order valence-electron chi connectivity index (χ1n) is 11.0. The van der Waals surface area contributed by atoms with Crippen LogP contribution in [0, 0.1) is 0 Å². The Kier molecular flexibility index (Phi) is 10.3. The minimum atomic E-state index is 0. The standard InChI is InChI=1S/C25H34N4O.HI/c1-4-26-25(28-18-22-13-8-11-20-10-5-6-14-23(20)22)27-16-15-19-9-7-12-21(17-19)24(30)29(2)3;/h5-7,9-10,12,14,17,22H,4,8,11,13,15-16,18H2,1-3H3,(H2,26,27,28);1H. The van der Waals surface area contributed by atoms with Gasteiger partial charge in [0, 0.05) is 45.2 Å². The summed E-state index contributed by atoms with van der Waals surface area (Å²) in [7, 11) is 3.56. The van der Waals surface area contributed by atoms with Gasteiger partial charge in [0.2, 0.25) is 0 Å². The zero-order valence-electron chi connectivity index (χ0n) is 18.9. The Bertz CT molecular complexity index is 881. The van der Waals surface area contributed by atoms with Gasteiger partial charge >= 0.3 is 0 Å². The fraction of sp³-hybridized carbons (Fsp3) is 0.440. The van der Waals surface area contributed by atoms with Crippen molar-refractivity contribution in [3.8, 4) is 0 Å². The monoisotopic (exact) mass is 534 g/mol. The lowest BCUT2D eigenvalue weighted by Crippen LogP contribution is -2.38. The molecule has 0 saturated heterocycles. The van der Waals surface area contributed by atoms with Crippen molar-refractivity contribution in [3.63, 3.8) is 0 Å². The maximum Gasteiger partial charge on any atom is 0.253 e. The van der Waals surface area contributed by atoms with Crippen molar-refractivity contribution in [2.45, 2.75) is 38.5 Å². The first kappa shape index (κ1) is 25.2. The molecule has 2 aromatic rings. The van der Waals surface area contributed by atoms with Gasteiger partial charge in [0.1, 0.15) is 0 Å². The molecule has 1 amide bonds. The Morgan fingerprint density at radius 3 is 2.71 bits per heavy atom. The molecule has 0 saturated carbocycles. The highest BCUT2D eigenvalue weighted by Gasteiger charge is 2.19. The average molecular weight is 534 g/mol. The molecule has 0 spiro atoms. The normalized spacial score (nSPS) is 15.5. The van der Waals surface area contributed by atoms with Crippen LogP contribution in [0.1, 0.15) is 52.7 Å². The molecule has 1 unspecified atom stereocenters. The van der Waals surface area contributed by atoms with Crippen molar-refractivity contribution in [1.82, 2.24) is 15.5 Å². The number of rotatable bonds is 7.